The summed E-state index contributed by atoms with van der Waals surface area (Å²) in [5.74, 6) is -0.0783. The van der Waals surface area contributed by atoms with E-state index >= 15 is 0 Å². The molecule has 3 heterocycles. The second-order valence-electron chi connectivity index (χ2n) is 6.90. The Morgan fingerprint density at radius 3 is 2.04 bits per heavy atom. The van der Waals surface area contributed by atoms with Gasteiger partial charge < -0.3 is 9.88 Å². The van der Waals surface area contributed by atoms with Crippen LogP contribution in [0, 0.1) is 13.8 Å². The van der Waals surface area contributed by atoms with Gasteiger partial charge in [0, 0.05) is 31.9 Å². The monoisotopic (exact) mass is 353 g/mol. The number of nitrogens with one attached hydrogen (secondary N) is 1. The van der Waals surface area contributed by atoms with Gasteiger partial charge in [-0.05, 0) is 45.1 Å². The van der Waals surface area contributed by atoms with Crippen molar-refractivity contribution in [2.45, 2.75) is 57.3 Å². The number of hydrogen-bond acceptors (Lipinski definition) is 3. The molecule has 0 unspecified atom stereocenters. The van der Waals surface area contributed by atoms with Gasteiger partial charge in [0.15, 0.2) is 0 Å². The van der Waals surface area contributed by atoms with Crippen LogP contribution in [0.2, 0.25) is 0 Å². The molecule has 3 rings (SSSR count). The highest BCUT2D eigenvalue weighted by Crippen LogP contribution is 2.29. The van der Waals surface area contributed by atoms with Crippen molar-refractivity contribution in [1.29, 1.82) is 0 Å². The van der Waals surface area contributed by atoms with Crippen molar-refractivity contribution in [3.63, 3.8) is 0 Å². The number of aromatic amines is 1. The maximum absolute atomic E-state index is 13.1. The van der Waals surface area contributed by atoms with Gasteiger partial charge in [-0.3, -0.25) is 4.79 Å². The highest BCUT2D eigenvalue weighted by atomic mass is 32.2. The van der Waals surface area contributed by atoms with E-state index in [9.17, 15) is 13.2 Å². The lowest BCUT2D eigenvalue weighted by molar-refractivity contribution is 0.0787. The first-order chi connectivity index (χ1) is 11.4. The molecule has 134 valence electrons. The van der Waals surface area contributed by atoms with Crippen molar-refractivity contribution in [2.75, 3.05) is 26.2 Å². The number of amides is 1. The van der Waals surface area contributed by atoms with Gasteiger partial charge in [-0.1, -0.05) is 12.8 Å². The summed E-state index contributed by atoms with van der Waals surface area (Å²) in [5.41, 5.74) is 1.57. The second-order valence-corrected chi connectivity index (χ2v) is 8.77. The Bertz CT molecular complexity index is 710. The van der Waals surface area contributed by atoms with Crippen LogP contribution in [0.4, 0.5) is 0 Å². The number of carbonyl (C=O) groups excluding carboxylic acids is 1. The van der Waals surface area contributed by atoms with Crippen molar-refractivity contribution >= 4 is 15.9 Å². The van der Waals surface area contributed by atoms with E-state index < -0.39 is 10.0 Å². The van der Waals surface area contributed by atoms with Crippen molar-refractivity contribution < 1.29 is 13.2 Å². The van der Waals surface area contributed by atoms with E-state index in [0.29, 0.717) is 34.9 Å². The summed E-state index contributed by atoms with van der Waals surface area (Å²) in [7, 11) is -3.55. The highest BCUT2D eigenvalue weighted by Gasteiger charge is 2.33. The molecule has 0 aromatic carbocycles. The molecule has 1 aromatic rings. The molecule has 0 saturated carbocycles. The lowest BCUT2D eigenvalue weighted by Crippen LogP contribution is -2.32. The SMILES string of the molecule is Cc1[nH]c(C(=O)N2CCCC2)c(C)c1S(=O)(=O)N1CCCCCC1. The van der Waals surface area contributed by atoms with Gasteiger partial charge in [0.25, 0.3) is 5.91 Å². The van der Waals surface area contributed by atoms with E-state index in [4.69, 9.17) is 0 Å². The summed E-state index contributed by atoms with van der Waals surface area (Å²) in [6, 6.07) is 0. The molecule has 1 aromatic heterocycles. The minimum absolute atomic E-state index is 0.0783. The Morgan fingerprint density at radius 2 is 1.46 bits per heavy atom. The van der Waals surface area contributed by atoms with Gasteiger partial charge >= 0.3 is 0 Å². The molecule has 0 spiro atoms. The smallest absolute Gasteiger partial charge is 0.270 e. The molecule has 7 heteroatoms. The van der Waals surface area contributed by atoms with E-state index in [1.165, 1.54) is 0 Å². The van der Waals surface area contributed by atoms with Crippen LogP contribution in [0.25, 0.3) is 0 Å². The van der Waals surface area contributed by atoms with Gasteiger partial charge in [-0.15, -0.1) is 0 Å². The van der Waals surface area contributed by atoms with Gasteiger partial charge in [-0.25, -0.2) is 8.42 Å². The first kappa shape index (κ1) is 17.5. The summed E-state index contributed by atoms with van der Waals surface area (Å²) in [6.45, 7) is 6.15. The van der Waals surface area contributed by atoms with Gasteiger partial charge in [0.2, 0.25) is 10.0 Å². The molecule has 0 atom stereocenters. The van der Waals surface area contributed by atoms with Crippen molar-refractivity contribution in [1.82, 2.24) is 14.2 Å². The molecule has 2 aliphatic rings. The fraction of sp³-hybridized carbons (Fsp3) is 0.706. The molecular formula is C17H27N3O3S. The number of carbonyl (C=O) groups is 1. The Morgan fingerprint density at radius 1 is 0.917 bits per heavy atom. The molecule has 1 N–H and O–H groups in total. The van der Waals surface area contributed by atoms with E-state index in [1.54, 1.807) is 23.1 Å². The Balaban J connectivity index is 1.94. The molecule has 2 saturated heterocycles. The number of sulfonamides is 1. The molecule has 2 fully saturated rings. The zero-order valence-electron chi connectivity index (χ0n) is 14.6. The quantitative estimate of drug-likeness (QED) is 0.907. The minimum Gasteiger partial charge on any atom is -0.353 e. The number of likely N-dealkylation sites (tertiary alicyclic amines) is 1. The van der Waals surface area contributed by atoms with E-state index in [2.05, 4.69) is 4.98 Å². The van der Waals surface area contributed by atoms with Crippen molar-refractivity contribution in [3.05, 3.63) is 17.0 Å². The third-order valence-electron chi connectivity index (χ3n) is 5.14. The fourth-order valence-electron chi connectivity index (χ4n) is 3.82. The predicted octanol–water partition coefficient (Wildman–Crippen LogP) is 2.43. The number of hydrogen-bond donors (Lipinski definition) is 1. The third kappa shape index (κ3) is 3.11. The second kappa shape index (κ2) is 6.88. The normalized spacial score (nSPS) is 20.3. The maximum atomic E-state index is 13.1. The van der Waals surface area contributed by atoms with E-state index in [1.807, 2.05) is 0 Å². The maximum Gasteiger partial charge on any atom is 0.270 e. The van der Waals surface area contributed by atoms with Gasteiger partial charge in [0.05, 0.1) is 0 Å². The van der Waals surface area contributed by atoms with Crippen LogP contribution >= 0.6 is 0 Å². The lowest BCUT2D eigenvalue weighted by Gasteiger charge is -2.20. The average Bonchev–Trinajstić information content (AvgIpc) is 3.06. The average molecular weight is 353 g/mol. The Kier molecular flexibility index (Phi) is 5.01. The van der Waals surface area contributed by atoms with Crippen LogP contribution in [-0.2, 0) is 10.0 Å². The molecule has 6 nitrogen and oxygen atoms in total. The Labute approximate surface area is 144 Å². The van der Waals surface area contributed by atoms with Gasteiger partial charge in [-0.2, -0.15) is 4.31 Å². The van der Waals surface area contributed by atoms with Crippen molar-refractivity contribution in [2.24, 2.45) is 0 Å². The number of rotatable bonds is 3. The minimum atomic E-state index is -3.55. The number of aromatic nitrogens is 1. The standard InChI is InChI=1S/C17H27N3O3S/c1-13-15(17(21)19-9-7-8-10-19)18-14(2)16(13)24(22,23)20-11-5-3-4-6-12-20/h18H,3-12H2,1-2H3. The third-order valence-corrected chi connectivity index (χ3v) is 7.31. The first-order valence-corrected chi connectivity index (χ1v) is 10.4. The van der Waals surface area contributed by atoms with Crippen LogP contribution < -0.4 is 0 Å². The van der Waals surface area contributed by atoms with Crippen LogP contribution in [0.5, 0.6) is 0 Å². The molecule has 0 bridgehead atoms. The highest BCUT2D eigenvalue weighted by molar-refractivity contribution is 7.89. The van der Waals surface area contributed by atoms with Crippen LogP contribution in [0.3, 0.4) is 0 Å². The Hall–Kier alpha value is -1.34. The van der Waals surface area contributed by atoms with Gasteiger partial charge in [0.1, 0.15) is 10.6 Å². The summed E-state index contributed by atoms with van der Waals surface area (Å²) in [6.07, 6.45) is 6.00. The van der Waals surface area contributed by atoms with Crippen LogP contribution in [-0.4, -0.2) is 54.7 Å². The summed E-state index contributed by atoms with van der Waals surface area (Å²) >= 11 is 0. The topological polar surface area (TPSA) is 73.5 Å². The van der Waals surface area contributed by atoms with E-state index in [0.717, 1.165) is 51.6 Å². The largest absolute Gasteiger partial charge is 0.353 e. The summed E-state index contributed by atoms with van der Waals surface area (Å²) < 4.78 is 27.8. The molecular weight excluding hydrogens is 326 g/mol. The predicted molar refractivity (Wildman–Crippen MR) is 92.6 cm³/mol. The van der Waals surface area contributed by atoms with Crippen molar-refractivity contribution in [3.8, 4) is 0 Å². The number of H-pyrrole nitrogens is 1. The first-order valence-electron chi connectivity index (χ1n) is 8.91. The van der Waals surface area contributed by atoms with Crippen LogP contribution in [0.1, 0.15) is 60.3 Å². The zero-order valence-corrected chi connectivity index (χ0v) is 15.4. The molecule has 24 heavy (non-hydrogen) atoms. The molecule has 0 aliphatic carbocycles. The summed E-state index contributed by atoms with van der Waals surface area (Å²) in [5, 5.41) is 0. The lowest BCUT2D eigenvalue weighted by atomic mass is 10.2. The van der Waals surface area contributed by atoms with E-state index in [-0.39, 0.29) is 5.91 Å². The number of aryl methyl sites for hydroxylation is 1. The molecule has 2 aliphatic heterocycles. The van der Waals surface area contributed by atoms with Crippen LogP contribution in [0.15, 0.2) is 4.90 Å². The summed E-state index contributed by atoms with van der Waals surface area (Å²) in [4.78, 5) is 17.8. The molecule has 1 amide bonds. The fourth-order valence-corrected chi connectivity index (χ4v) is 5.75. The molecule has 0 radical (unpaired) electrons. The zero-order chi connectivity index (χ0) is 17.3. The number of nitrogens with zero attached hydrogens (tertiary/aromatic N) is 2.